The largest absolute Gasteiger partial charge is 0.497 e. The molecule has 3 rings (SSSR count). The number of carboxylic acids is 1. The van der Waals surface area contributed by atoms with Gasteiger partial charge in [-0.2, -0.15) is 0 Å². The Bertz CT molecular complexity index is 1130. The molecule has 7 nitrogen and oxygen atoms in total. The number of nitrogens with one attached hydrogen (secondary N) is 2. The molecule has 0 fully saturated rings. The van der Waals surface area contributed by atoms with Gasteiger partial charge in [-0.3, -0.25) is 9.59 Å². The third-order valence-corrected chi connectivity index (χ3v) is 5.21. The van der Waals surface area contributed by atoms with Crippen molar-refractivity contribution < 1.29 is 24.2 Å². The van der Waals surface area contributed by atoms with E-state index in [-0.39, 0.29) is 18.2 Å². The summed E-state index contributed by atoms with van der Waals surface area (Å²) in [7, 11) is 1.58. The number of carboxylic acid groups (broad SMARTS) is 1. The summed E-state index contributed by atoms with van der Waals surface area (Å²) in [5.41, 5.74) is 2.46. The second kappa shape index (κ2) is 9.99. The van der Waals surface area contributed by atoms with Crippen LogP contribution >= 0.6 is 0 Å². The van der Waals surface area contributed by atoms with Crippen LogP contribution in [-0.2, 0) is 4.79 Å². The molecule has 170 valence electrons. The van der Waals surface area contributed by atoms with E-state index in [2.05, 4.69) is 10.6 Å². The first-order chi connectivity index (χ1) is 15.7. The van der Waals surface area contributed by atoms with Crippen molar-refractivity contribution in [3.63, 3.8) is 0 Å². The molecule has 2 amide bonds. The number of carbonyl (C=O) groups is 3. The SMILES string of the molecule is COc1ccc(NC(=O)Nc2ccc(-c3ccc(C(=O)CC(C)(C)C(=O)O)cc3)cc2)cc1. The minimum absolute atomic E-state index is 0.0688. The molecular weight excluding hydrogens is 420 g/mol. The van der Waals surface area contributed by atoms with Crippen LogP contribution in [0.3, 0.4) is 0 Å². The third kappa shape index (κ3) is 6.20. The molecule has 0 bridgehead atoms. The Balaban J connectivity index is 1.60. The van der Waals surface area contributed by atoms with Gasteiger partial charge in [0.2, 0.25) is 0 Å². The first-order valence-corrected chi connectivity index (χ1v) is 10.4. The van der Waals surface area contributed by atoms with Crippen LogP contribution in [0.1, 0.15) is 30.6 Å². The van der Waals surface area contributed by atoms with Crippen molar-refractivity contribution >= 4 is 29.2 Å². The normalized spacial score (nSPS) is 10.9. The zero-order valence-electron chi connectivity index (χ0n) is 18.7. The molecule has 33 heavy (non-hydrogen) atoms. The van der Waals surface area contributed by atoms with Crippen LogP contribution in [0.25, 0.3) is 11.1 Å². The van der Waals surface area contributed by atoms with Crippen molar-refractivity contribution in [2.75, 3.05) is 17.7 Å². The molecule has 0 unspecified atom stereocenters. The molecule has 0 heterocycles. The molecule has 0 saturated carbocycles. The number of ketones is 1. The van der Waals surface area contributed by atoms with Crippen LogP contribution in [-0.4, -0.2) is 30.0 Å². The maximum Gasteiger partial charge on any atom is 0.323 e. The van der Waals surface area contributed by atoms with Crippen molar-refractivity contribution in [1.29, 1.82) is 0 Å². The molecule has 0 aliphatic rings. The monoisotopic (exact) mass is 446 g/mol. The molecule has 0 aromatic heterocycles. The van der Waals surface area contributed by atoms with E-state index < -0.39 is 11.4 Å². The quantitative estimate of drug-likeness (QED) is 0.386. The Kier molecular flexibility index (Phi) is 7.13. The van der Waals surface area contributed by atoms with E-state index in [0.29, 0.717) is 22.7 Å². The highest BCUT2D eigenvalue weighted by atomic mass is 16.5. The van der Waals surface area contributed by atoms with E-state index in [1.807, 2.05) is 24.3 Å². The maximum atomic E-state index is 12.4. The van der Waals surface area contributed by atoms with Gasteiger partial charge < -0.3 is 20.5 Å². The lowest BCUT2D eigenvalue weighted by atomic mass is 9.85. The number of rotatable bonds is 8. The second-order valence-electron chi connectivity index (χ2n) is 8.25. The van der Waals surface area contributed by atoms with Gasteiger partial charge in [-0.25, -0.2) is 4.79 Å². The van der Waals surface area contributed by atoms with Gasteiger partial charge in [0.1, 0.15) is 5.75 Å². The van der Waals surface area contributed by atoms with Gasteiger partial charge in [-0.05, 0) is 61.4 Å². The molecule has 0 saturated heterocycles. The Hall–Kier alpha value is -4.13. The van der Waals surface area contributed by atoms with E-state index in [0.717, 1.165) is 11.1 Å². The number of ether oxygens (including phenoxy) is 1. The summed E-state index contributed by atoms with van der Waals surface area (Å²) in [6.45, 7) is 3.07. The molecule has 0 radical (unpaired) electrons. The summed E-state index contributed by atoms with van der Waals surface area (Å²) in [4.78, 5) is 35.9. The number of benzene rings is 3. The van der Waals surface area contributed by atoms with Crippen LogP contribution in [0.4, 0.5) is 16.2 Å². The van der Waals surface area contributed by atoms with Crippen molar-refractivity contribution in [3.05, 3.63) is 78.4 Å². The number of aliphatic carboxylic acids is 1. The number of amides is 2. The first-order valence-electron chi connectivity index (χ1n) is 10.4. The average Bonchev–Trinajstić information content (AvgIpc) is 2.80. The number of carbonyl (C=O) groups excluding carboxylic acids is 2. The zero-order valence-corrected chi connectivity index (χ0v) is 18.7. The van der Waals surface area contributed by atoms with E-state index in [9.17, 15) is 19.5 Å². The molecule has 3 aromatic rings. The van der Waals surface area contributed by atoms with E-state index in [1.165, 1.54) is 13.8 Å². The minimum atomic E-state index is -1.11. The van der Waals surface area contributed by atoms with Crippen LogP contribution in [0.5, 0.6) is 5.75 Å². The molecule has 3 aromatic carbocycles. The minimum Gasteiger partial charge on any atom is -0.497 e. The third-order valence-electron chi connectivity index (χ3n) is 5.21. The predicted molar refractivity (Wildman–Crippen MR) is 128 cm³/mol. The summed E-state index contributed by atoms with van der Waals surface area (Å²) in [6, 6.07) is 21.0. The van der Waals surface area contributed by atoms with Crippen LogP contribution in [0, 0.1) is 5.41 Å². The van der Waals surface area contributed by atoms with Gasteiger partial charge in [-0.15, -0.1) is 0 Å². The van der Waals surface area contributed by atoms with Gasteiger partial charge in [0.25, 0.3) is 0 Å². The fourth-order valence-electron chi connectivity index (χ4n) is 3.14. The second-order valence-corrected chi connectivity index (χ2v) is 8.25. The fraction of sp³-hybridized carbons (Fsp3) is 0.192. The standard InChI is InChI=1S/C26H26N2O5/c1-26(2,24(30)31)16-23(29)19-6-4-17(5-7-19)18-8-10-20(11-9-18)27-25(32)28-21-12-14-22(33-3)15-13-21/h4-15H,16H2,1-3H3,(H,30,31)(H2,27,28,32). The average molecular weight is 447 g/mol. The summed E-state index contributed by atoms with van der Waals surface area (Å²) in [5, 5.41) is 14.7. The molecule has 3 N–H and O–H groups in total. The molecule has 7 heteroatoms. The van der Waals surface area contributed by atoms with Crippen LogP contribution in [0.15, 0.2) is 72.8 Å². The Morgan fingerprint density at radius 2 is 1.24 bits per heavy atom. The molecule has 0 aliphatic carbocycles. The Morgan fingerprint density at radius 3 is 1.70 bits per heavy atom. The number of Topliss-reactive ketones (excluding diaryl/α,β-unsaturated/α-hetero) is 1. The van der Waals surface area contributed by atoms with Gasteiger partial charge in [-0.1, -0.05) is 36.4 Å². The lowest BCUT2D eigenvalue weighted by Gasteiger charge is -2.17. The topological polar surface area (TPSA) is 105 Å². The Morgan fingerprint density at radius 1 is 0.788 bits per heavy atom. The summed E-state index contributed by atoms with van der Waals surface area (Å²) in [6.07, 6.45) is -0.0688. The summed E-state index contributed by atoms with van der Waals surface area (Å²) < 4.78 is 5.10. The first kappa shape index (κ1) is 23.5. The molecular formula is C26H26N2O5. The van der Waals surface area contributed by atoms with Crippen molar-refractivity contribution in [3.8, 4) is 16.9 Å². The highest BCUT2D eigenvalue weighted by molar-refractivity contribution is 6.00. The van der Waals surface area contributed by atoms with Gasteiger partial charge in [0, 0.05) is 23.4 Å². The Labute approximate surface area is 192 Å². The molecule has 0 aliphatic heterocycles. The van der Waals surface area contributed by atoms with E-state index in [4.69, 9.17) is 4.74 Å². The lowest BCUT2D eigenvalue weighted by Crippen LogP contribution is -2.26. The number of urea groups is 1. The fourth-order valence-corrected chi connectivity index (χ4v) is 3.14. The molecule has 0 spiro atoms. The zero-order chi connectivity index (χ0) is 24.0. The lowest BCUT2D eigenvalue weighted by molar-refractivity contribution is -0.146. The number of methoxy groups -OCH3 is 1. The highest BCUT2D eigenvalue weighted by Crippen LogP contribution is 2.26. The van der Waals surface area contributed by atoms with E-state index >= 15 is 0 Å². The van der Waals surface area contributed by atoms with E-state index in [1.54, 1.807) is 55.6 Å². The number of anilines is 2. The summed E-state index contributed by atoms with van der Waals surface area (Å²) in [5.74, 6) is -0.506. The highest BCUT2D eigenvalue weighted by Gasteiger charge is 2.30. The van der Waals surface area contributed by atoms with Crippen molar-refractivity contribution in [2.45, 2.75) is 20.3 Å². The van der Waals surface area contributed by atoms with Crippen LogP contribution < -0.4 is 15.4 Å². The number of hydrogen-bond donors (Lipinski definition) is 3. The van der Waals surface area contributed by atoms with Gasteiger partial charge in [0.15, 0.2) is 5.78 Å². The maximum absolute atomic E-state index is 12.4. The van der Waals surface area contributed by atoms with Crippen LogP contribution in [0.2, 0.25) is 0 Å². The summed E-state index contributed by atoms with van der Waals surface area (Å²) >= 11 is 0. The van der Waals surface area contributed by atoms with Gasteiger partial charge in [0.05, 0.1) is 12.5 Å². The smallest absolute Gasteiger partial charge is 0.323 e. The predicted octanol–water partition coefficient (Wildman–Crippen LogP) is 5.69. The van der Waals surface area contributed by atoms with Crippen molar-refractivity contribution in [2.24, 2.45) is 5.41 Å². The van der Waals surface area contributed by atoms with Crippen molar-refractivity contribution in [1.82, 2.24) is 0 Å². The molecule has 0 atom stereocenters. The van der Waals surface area contributed by atoms with Gasteiger partial charge >= 0.3 is 12.0 Å². The number of hydrogen-bond acceptors (Lipinski definition) is 4.